The number of hydrogen-bond acceptors (Lipinski definition) is 6. The summed E-state index contributed by atoms with van der Waals surface area (Å²) in [6, 6.07) is 6.91. The Morgan fingerprint density at radius 3 is 2.79 bits per heavy atom. The van der Waals surface area contributed by atoms with Gasteiger partial charge in [0, 0.05) is 11.6 Å². The second-order valence-electron chi connectivity index (χ2n) is 4.54. The molecule has 2 aromatic rings. The predicted molar refractivity (Wildman–Crippen MR) is 67.8 cm³/mol. The third kappa shape index (κ3) is 2.32. The van der Waals surface area contributed by atoms with Crippen LogP contribution >= 0.6 is 0 Å². The molecular formula is C13H15N3O3. The van der Waals surface area contributed by atoms with Gasteiger partial charge in [-0.2, -0.15) is 4.98 Å². The summed E-state index contributed by atoms with van der Waals surface area (Å²) in [7, 11) is 1.89. The van der Waals surface area contributed by atoms with Crippen LogP contribution < -0.4 is 5.32 Å². The van der Waals surface area contributed by atoms with E-state index in [9.17, 15) is 5.11 Å². The monoisotopic (exact) mass is 261 g/mol. The summed E-state index contributed by atoms with van der Waals surface area (Å²) in [5.41, 5.74) is 0.813. The molecule has 6 heteroatoms. The zero-order valence-electron chi connectivity index (χ0n) is 10.5. The molecule has 19 heavy (non-hydrogen) atoms. The summed E-state index contributed by atoms with van der Waals surface area (Å²) in [5.74, 6) is 1.41. The normalized spacial score (nSPS) is 22.8. The zero-order valence-corrected chi connectivity index (χ0v) is 10.5. The molecule has 6 nitrogen and oxygen atoms in total. The summed E-state index contributed by atoms with van der Waals surface area (Å²) in [6.07, 6.45) is 0. The maximum Gasteiger partial charge on any atom is 0.234 e. The van der Waals surface area contributed by atoms with Gasteiger partial charge in [-0.1, -0.05) is 5.16 Å². The molecule has 1 aliphatic rings. The molecule has 0 amide bonds. The van der Waals surface area contributed by atoms with Crippen molar-refractivity contribution in [2.45, 2.75) is 12.0 Å². The van der Waals surface area contributed by atoms with Crippen molar-refractivity contribution in [3.05, 3.63) is 30.2 Å². The molecule has 1 saturated heterocycles. The first-order valence-corrected chi connectivity index (χ1v) is 6.16. The fraction of sp³-hybridized carbons (Fsp3) is 0.385. The molecule has 2 unspecified atom stereocenters. The molecule has 100 valence electrons. The number of hydrogen-bond donors (Lipinski definition) is 2. The fourth-order valence-electron chi connectivity index (χ4n) is 2.20. The lowest BCUT2D eigenvalue weighted by Gasteiger charge is -2.11. The lowest BCUT2D eigenvalue weighted by Crippen LogP contribution is -2.31. The van der Waals surface area contributed by atoms with Crippen LogP contribution in [0.1, 0.15) is 11.8 Å². The Morgan fingerprint density at radius 2 is 2.05 bits per heavy atom. The average molecular weight is 261 g/mol. The standard InChI is InChI=1S/C13H15N3O3/c1-14-11-7-18-6-10(11)13-15-12(16-19-13)8-2-4-9(17)5-3-8/h2-5,10-11,14,17H,6-7H2,1H3. The fourth-order valence-corrected chi connectivity index (χ4v) is 2.20. The number of aromatic hydroxyl groups is 1. The highest BCUT2D eigenvalue weighted by Gasteiger charge is 2.33. The predicted octanol–water partition coefficient (Wildman–Crippen LogP) is 1.14. The van der Waals surface area contributed by atoms with Crippen molar-refractivity contribution in [2.24, 2.45) is 0 Å². The maximum absolute atomic E-state index is 9.26. The van der Waals surface area contributed by atoms with Crippen LogP contribution in [0, 0.1) is 0 Å². The maximum atomic E-state index is 9.26. The SMILES string of the molecule is CNC1COCC1c1nc(-c2ccc(O)cc2)no1. The number of benzene rings is 1. The van der Waals surface area contributed by atoms with Gasteiger partial charge in [0.05, 0.1) is 19.1 Å². The molecule has 2 atom stereocenters. The number of nitrogens with zero attached hydrogens (tertiary/aromatic N) is 2. The minimum atomic E-state index is 0.0864. The Hall–Kier alpha value is -1.92. The van der Waals surface area contributed by atoms with Crippen LogP contribution in [0.15, 0.2) is 28.8 Å². The Kier molecular flexibility index (Phi) is 3.18. The van der Waals surface area contributed by atoms with E-state index in [1.165, 1.54) is 0 Å². The summed E-state index contributed by atoms with van der Waals surface area (Å²) >= 11 is 0. The first-order chi connectivity index (χ1) is 9.28. The molecule has 0 saturated carbocycles. The van der Waals surface area contributed by atoms with E-state index < -0.39 is 0 Å². The second-order valence-corrected chi connectivity index (χ2v) is 4.54. The minimum Gasteiger partial charge on any atom is -0.508 e. The van der Waals surface area contributed by atoms with Crippen LogP contribution in [0.2, 0.25) is 0 Å². The number of phenols is 1. The van der Waals surface area contributed by atoms with Crippen molar-refractivity contribution < 1.29 is 14.4 Å². The van der Waals surface area contributed by atoms with Crippen molar-refractivity contribution in [3.8, 4) is 17.1 Å². The Bertz CT molecular complexity index is 553. The van der Waals surface area contributed by atoms with Crippen LogP contribution in [-0.2, 0) is 4.74 Å². The highest BCUT2D eigenvalue weighted by atomic mass is 16.5. The highest BCUT2D eigenvalue weighted by molar-refractivity contribution is 5.55. The van der Waals surface area contributed by atoms with Gasteiger partial charge < -0.3 is 19.7 Å². The van der Waals surface area contributed by atoms with E-state index in [0.717, 1.165) is 5.56 Å². The number of phenolic OH excluding ortho intramolecular Hbond substituents is 1. The second kappa shape index (κ2) is 4.99. The molecule has 0 bridgehead atoms. The number of nitrogens with one attached hydrogen (secondary N) is 1. The quantitative estimate of drug-likeness (QED) is 0.862. The van der Waals surface area contributed by atoms with Crippen LogP contribution in [0.4, 0.5) is 0 Å². The molecule has 1 fully saturated rings. The lowest BCUT2D eigenvalue weighted by molar-refractivity contribution is 0.185. The average Bonchev–Trinajstić information content (AvgIpc) is 3.07. The number of likely N-dealkylation sites (N-methyl/N-ethyl adjacent to an activating group) is 1. The van der Waals surface area contributed by atoms with Gasteiger partial charge in [0.2, 0.25) is 11.7 Å². The highest BCUT2D eigenvalue weighted by Crippen LogP contribution is 2.26. The van der Waals surface area contributed by atoms with E-state index in [1.54, 1.807) is 24.3 Å². The summed E-state index contributed by atoms with van der Waals surface area (Å²) in [5, 5.41) is 16.4. The summed E-state index contributed by atoms with van der Waals surface area (Å²) in [4.78, 5) is 4.41. The van der Waals surface area contributed by atoms with Gasteiger partial charge in [0.15, 0.2) is 0 Å². The topological polar surface area (TPSA) is 80.4 Å². The van der Waals surface area contributed by atoms with Crippen LogP contribution in [0.25, 0.3) is 11.4 Å². The van der Waals surface area contributed by atoms with E-state index in [-0.39, 0.29) is 17.7 Å². The van der Waals surface area contributed by atoms with Gasteiger partial charge in [-0.05, 0) is 31.3 Å². The van der Waals surface area contributed by atoms with Gasteiger partial charge >= 0.3 is 0 Å². The van der Waals surface area contributed by atoms with Crippen molar-refractivity contribution in [1.29, 1.82) is 0 Å². The van der Waals surface area contributed by atoms with Crippen molar-refractivity contribution in [1.82, 2.24) is 15.5 Å². The first-order valence-electron chi connectivity index (χ1n) is 6.16. The summed E-state index contributed by atoms with van der Waals surface area (Å²) < 4.78 is 10.7. The molecule has 2 heterocycles. The molecule has 3 rings (SSSR count). The van der Waals surface area contributed by atoms with Crippen LogP contribution in [-0.4, -0.2) is 41.6 Å². The molecule has 0 spiro atoms. The van der Waals surface area contributed by atoms with E-state index in [1.807, 2.05) is 7.05 Å². The van der Waals surface area contributed by atoms with Crippen LogP contribution in [0.3, 0.4) is 0 Å². The molecule has 1 aromatic carbocycles. The summed E-state index contributed by atoms with van der Waals surface area (Å²) in [6.45, 7) is 1.24. The Morgan fingerprint density at radius 1 is 1.26 bits per heavy atom. The number of rotatable bonds is 3. The molecule has 0 aliphatic carbocycles. The van der Waals surface area contributed by atoms with Crippen LogP contribution in [0.5, 0.6) is 5.75 Å². The molecule has 1 aliphatic heterocycles. The van der Waals surface area contributed by atoms with E-state index in [4.69, 9.17) is 9.26 Å². The molecule has 1 aromatic heterocycles. The smallest absolute Gasteiger partial charge is 0.234 e. The van der Waals surface area contributed by atoms with Crippen molar-refractivity contribution in [2.75, 3.05) is 20.3 Å². The minimum absolute atomic E-state index is 0.0864. The van der Waals surface area contributed by atoms with Gasteiger partial charge in [0.25, 0.3) is 0 Å². The van der Waals surface area contributed by atoms with Gasteiger partial charge in [-0.3, -0.25) is 0 Å². The van der Waals surface area contributed by atoms with Crippen molar-refractivity contribution >= 4 is 0 Å². The first kappa shape index (κ1) is 12.1. The lowest BCUT2D eigenvalue weighted by atomic mass is 10.0. The number of aromatic nitrogens is 2. The van der Waals surface area contributed by atoms with E-state index in [2.05, 4.69) is 15.5 Å². The van der Waals surface area contributed by atoms with Gasteiger partial charge in [-0.15, -0.1) is 0 Å². The van der Waals surface area contributed by atoms with E-state index in [0.29, 0.717) is 24.9 Å². The van der Waals surface area contributed by atoms with Crippen molar-refractivity contribution in [3.63, 3.8) is 0 Å². The Balaban J connectivity index is 1.85. The number of ether oxygens (including phenoxy) is 1. The molecule has 2 N–H and O–H groups in total. The third-order valence-corrected chi connectivity index (χ3v) is 3.34. The van der Waals surface area contributed by atoms with Gasteiger partial charge in [0.1, 0.15) is 5.75 Å². The largest absolute Gasteiger partial charge is 0.508 e. The van der Waals surface area contributed by atoms with E-state index >= 15 is 0 Å². The third-order valence-electron chi connectivity index (χ3n) is 3.34. The molecular weight excluding hydrogens is 246 g/mol. The molecule has 0 radical (unpaired) electrons. The zero-order chi connectivity index (χ0) is 13.2. The van der Waals surface area contributed by atoms with Gasteiger partial charge in [-0.25, -0.2) is 0 Å². The Labute approximate surface area is 110 Å².